The summed E-state index contributed by atoms with van der Waals surface area (Å²) in [7, 11) is -3.93. The fraction of sp³-hybridized carbons (Fsp3) is 0.900. The van der Waals surface area contributed by atoms with Gasteiger partial charge in [-0.05, 0) is 19.3 Å². The molecule has 1 aliphatic carbocycles. The molecule has 0 saturated heterocycles. The van der Waals surface area contributed by atoms with Crippen LogP contribution in [0, 0.1) is 5.92 Å². The maximum absolute atomic E-state index is 11.7. The molecule has 0 radical (unpaired) electrons. The van der Waals surface area contributed by atoms with Crippen molar-refractivity contribution in [3.05, 3.63) is 0 Å². The monoisotopic (exact) mass is 282 g/mol. The molecule has 2 atom stereocenters. The van der Waals surface area contributed by atoms with Crippen LogP contribution in [0.5, 0.6) is 0 Å². The van der Waals surface area contributed by atoms with E-state index in [4.69, 9.17) is 4.55 Å². The molecule has 1 rings (SSSR count). The van der Waals surface area contributed by atoms with Gasteiger partial charge >= 0.3 is 0 Å². The van der Waals surface area contributed by atoms with Gasteiger partial charge in [0.1, 0.15) is 0 Å². The summed E-state index contributed by atoms with van der Waals surface area (Å²) in [4.78, 5) is 11.7. The van der Waals surface area contributed by atoms with Crippen LogP contribution in [0.2, 0.25) is 0 Å². The standard InChI is InChI=1S/C10H18O5S2/c11-9-5-2-1-4-8(9)10(12)16-6-3-7-17(13,14)15/h8-9,11H,1-7H2,(H,13,14,15). The summed E-state index contributed by atoms with van der Waals surface area (Å²) >= 11 is 1.05. The molecule has 17 heavy (non-hydrogen) atoms. The quantitative estimate of drug-likeness (QED) is 0.579. The van der Waals surface area contributed by atoms with Crippen molar-refractivity contribution < 1.29 is 22.9 Å². The Labute approximate surface area is 106 Å². The van der Waals surface area contributed by atoms with Crippen LogP contribution in [0.3, 0.4) is 0 Å². The van der Waals surface area contributed by atoms with Gasteiger partial charge in [0, 0.05) is 5.75 Å². The molecular weight excluding hydrogens is 264 g/mol. The lowest BCUT2D eigenvalue weighted by atomic mass is 9.87. The average Bonchev–Trinajstić information content (AvgIpc) is 2.23. The maximum atomic E-state index is 11.7. The zero-order valence-corrected chi connectivity index (χ0v) is 11.2. The second-order valence-corrected chi connectivity index (χ2v) is 6.94. The van der Waals surface area contributed by atoms with Crippen LogP contribution in [0.25, 0.3) is 0 Å². The molecule has 0 spiro atoms. The number of hydrogen-bond donors (Lipinski definition) is 2. The summed E-state index contributed by atoms with van der Waals surface area (Å²) in [6.07, 6.45) is 2.99. The lowest BCUT2D eigenvalue weighted by molar-refractivity contribution is -0.119. The molecule has 1 fully saturated rings. The van der Waals surface area contributed by atoms with Crippen molar-refractivity contribution in [1.82, 2.24) is 0 Å². The lowest BCUT2D eigenvalue weighted by Gasteiger charge is -2.25. The van der Waals surface area contributed by atoms with Crippen LogP contribution in [-0.4, -0.2) is 40.8 Å². The first-order chi connectivity index (χ1) is 7.90. The van der Waals surface area contributed by atoms with Crippen molar-refractivity contribution in [2.24, 2.45) is 5.92 Å². The predicted octanol–water partition coefficient (Wildman–Crippen LogP) is 1.08. The van der Waals surface area contributed by atoms with Crippen LogP contribution in [0.4, 0.5) is 0 Å². The van der Waals surface area contributed by atoms with Crippen molar-refractivity contribution in [2.75, 3.05) is 11.5 Å². The van der Waals surface area contributed by atoms with Gasteiger partial charge in [0.25, 0.3) is 10.1 Å². The Bertz CT molecular complexity index is 352. The first kappa shape index (κ1) is 14.9. The highest BCUT2D eigenvalue weighted by molar-refractivity contribution is 8.13. The number of thioether (sulfide) groups is 1. The van der Waals surface area contributed by atoms with Crippen LogP contribution in [0.15, 0.2) is 0 Å². The van der Waals surface area contributed by atoms with Gasteiger partial charge in [-0.25, -0.2) is 0 Å². The van der Waals surface area contributed by atoms with Gasteiger partial charge in [-0.15, -0.1) is 0 Å². The molecule has 0 aliphatic heterocycles. The Hall–Kier alpha value is -0.110. The van der Waals surface area contributed by atoms with Gasteiger partial charge in [-0.3, -0.25) is 9.35 Å². The summed E-state index contributed by atoms with van der Waals surface area (Å²) in [5.41, 5.74) is 0. The molecule has 1 aliphatic rings. The molecule has 5 nitrogen and oxygen atoms in total. The third-order valence-electron chi connectivity index (χ3n) is 2.82. The molecule has 0 aromatic heterocycles. The van der Waals surface area contributed by atoms with E-state index >= 15 is 0 Å². The minimum atomic E-state index is -3.93. The molecule has 2 N–H and O–H groups in total. The van der Waals surface area contributed by atoms with E-state index in [9.17, 15) is 18.3 Å². The highest BCUT2D eigenvalue weighted by atomic mass is 32.2. The fourth-order valence-electron chi connectivity index (χ4n) is 1.91. The maximum Gasteiger partial charge on any atom is 0.264 e. The van der Waals surface area contributed by atoms with Crippen LogP contribution in [-0.2, 0) is 14.9 Å². The second-order valence-electron chi connectivity index (χ2n) is 4.27. The Morgan fingerprint density at radius 2 is 1.94 bits per heavy atom. The molecule has 0 aromatic rings. The summed E-state index contributed by atoms with van der Waals surface area (Å²) < 4.78 is 29.4. The van der Waals surface area contributed by atoms with Crippen molar-refractivity contribution in [2.45, 2.75) is 38.2 Å². The van der Waals surface area contributed by atoms with Gasteiger partial charge in [-0.2, -0.15) is 8.42 Å². The van der Waals surface area contributed by atoms with E-state index in [1.54, 1.807) is 0 Å². The minimum absolute atomic E-state index is 0.0625. The summed E-state index contributed by atoms with van der Waals surface area (Å²) in [6.45, 7) is 0. The lowest BCUT2D eigenvalue weighted by Crippen LogP contribution is -2.29. The Morgan fingerprint density at radius 3 is 2.53 bits per heavy atom. The van der Waals surface area contributed by atoms with Crippen LogP contribution < -0.4 is 0 Å². The zero-order valence-electron chi connectivity index (χ0n) is 9.54. The molecule has 1 saturated carbocycles. The van der Waals surface area contributed by atoms with Crippen molar-refractivity contribution in [3.8, 4) is 0 Å². The number of carbonyl (C=O) groups excluding carboxylic acids is 1. The number of hydrogen-bond acceptors (Lipinski definition) is 5. The Kier molecular flexibility index (Phi) is 5.91. The van der Waals surface area contributed by atoms with Gasteiger partial charge in [0.15, 0.2) is 5.12 Å². The van der Waals surface area contributed by atoms with E-state index in [0.717, 1.165) is 24.6 Å². The first-order valence-electron chi connectivity index (χ1n) is 5.70. The molecule has 0 amide bonds. The molecule has 2 unspecified atom stereocenters. The largest absolute Gasteiger partial charge is 0.392 e. The number of aliphatic hydroxyl groups is 1. The smallest absolute Gasteiger partial charge is 0.264 e. The van der Waals surface area contributed by atoms with Crippen LogP contribution in [0.1, 0.15) is 32.1 Å². The summed E-state index contributed by atoms with van der Waals surface area (Å²) in [6, 6.07) is 0. The number of carbonyl (C=O) groups is 1. The summed E-state index contributed by atoms with van der Waals surface area (Å²) in [5.74, 6) is -0.262. The number of rotatable bonds is 5. The van der Waals surface area contributed by atoms with Crippen molar-refractivity contribution >= 4 is 27.0 Å². The normalized spacial score (nSPS) is 25.8. The van der Waals surface area contributed by atoms with E-state index in [2.05, 4.69) is 0 Å². The summed E-state index contributed by atoms with van der Waals surface area (Å²) in [5, 5.41) is 9.59. The van der Waals surface area contributed by atoms with Gasteiger partial charge in [0.2, 0.25) is 0 Å². The third kappa shape index (κ3) is 5.85. The average molecular weight is 282 g/mol. The third-order valence-corrected chi connectivity index (χ3v) is 4.71. The number of aliphatic hydroxyl groups excluding tert-OH is 1. The molecule has 100 valence electrons. The highest BCUT2D eigenvalue weighted by Crippen LogP contribution is 2.28. The fourth-order valence-corrected chi connectivity index (χ4v) is 3.58. The van der Waals surface area contributed by atoms with Crippen LogP contribution >= 0.6 is 11.8 Å². The zero-order chi connectivity index (χ0) is 12.9. The molecule has 0 heterocycles. The molecular formula is C10H18O5S2. The minimum Gasteiger partial charge on any atom is -0.392 e. The Balaban J connectivity index is 2.24. The molecule has 7 heteroatoms. The van der Waals surface area contributed by atoms with E-state index in [1.807, 2.05) is 0 Å². The van der Waals surface area contributed by atoms with Gasteiger partial charge in [-0.1, -0.05) is 24.6 Å². The predicted molar refractivity (Wildman–Crippen MR) is 66.5 cm³/mol. The van der Waals surface area contributed by atoms with E-state index < -0.39 is 16.2 Å². The highest BCUT2D eigenvalue weighted by Gasteiger charge is 2.29. The van der Waals surface area contributed by atoms with Crippen molar-refractivity contribution in [3.63, 3.8) is 0 Å². The second kappa shape index (κ2) is 6.72. The van der Waals surface area contributed by atoms with Gasteiger partial charge < -0.3 is 5.11 Å². The van der Waals surface area contributed by atoms with Gasteiger partial charge in [0.05, 0.1) is 17.8 Å². The molecule has 0 bridgehead atoms. The Morgan fingerprint density at radius 1 is 1.29 bits per heavy atom. The molecule has 0 aromatic carbocycles. The van der Waals surface area contributed by atoms with E-state index in [1.165, 1.54) is 0 Å². The SMILES string of the molecule is O=C(SCCCS(=O)(=O)O)C1CCCCC1O. The van der Waals surface area contributed by atoms with E-state index in [0.29, 0.717) is 18.6 Å². The van der Waals surface area contributed by atoms with Crippen molar-refractivity contribution in [1.29, 1.82) is 0 Å². The first-order valence-corrected chi connectivity index (χ1v) is 8.29. The van der Waals surface area contributed by atoms with E-state index in [-0.39, 0.29) is 23.2 Å². The topological polar surface area (TPSA) is 91.7 Å².